The summed E-state index contributed by atoms with van der Waals surface area (Å²) in [6, 6.07) is 3.12. The summed E-state index contributed by atoms with van der Waals surface area (Å²) in [6.07, 6.45) is 4.09. The Morgan fingerprint density at radius 2 is 2.37 bits per heavy atom. The van der Waals surface area contributed by atoms with Gasteiger partial charge in [-0.3, -0.25) is 4.68 Å². The molecule has 2 aromatic heterocycles. The summed E-state index contributed by atoms with van der Waals surface area (Å²) < 4.78 is 1.75. The van der Waals surface area contributed by atoms with Crippen molar-refractivity contribution >= 4 is 11.8 Å². The Labute approximate surface area is 110 Å². The molecule has 0 saturated heterocycles. The van der Waals surface area contributed by atoms with Crippen LogP contribution in [-0.4, -0.2) is 37.6 Å². The van der Waals surface area contributed by atoms with E-state index in [2.05, 4.69) is 20.6 Å². The van der Waals surface area contributed by atoms with Crippen LogP contribution in [0, 0.1) is 0 Å². The van der Waals surface area contributed by atoms with Crippen LogP contribution in [0.25, 0.3) is 0 Å². The number of hydrogen-bond acceptors (Lipinski definition) is 5. The standard InChI is InChI=1S/C12H15N5O2/c1-2-17-8-9(15-16-17)5-7-14-11-10(12(18)19)4-3-6-13-11/h3-4,6,8H,2,5,7H2,1H3,(H,13,14)(H,18,19). The van der Waals surface area contributed by atoms with Gasteiger partial charge in [-0.25, -0.2) is 9.78 Å². The van der Waals surface area contributed by atoms with Crippen molar-refractivity contribution in [3.8, 4) is 0 Å². The molecule has 0 atom stereocenters. The van der Waals surface area contributed by atoms with Gasteiger partial charge in [-0.15, -0.1) is 5.10 Å². The van der Waals surface area contributed by atoms with Crippen LogP contribution in [0.3, 0.4) is 0 Å². The highest BCUT2D eigenvalue weighted by Crippen LogP contribution is 2.11. The zero-order valence-corrected chi connectivity index (χ0v) is 10.6. The molecular formula is C12H15N5O2. The van der Waals surface area contributed by atoms with E-state index in [4.69, 9.17) is 5.11 Å². The predicted molar refractivity (Wildman–Crippen MR) is 69.1 cm³/mol. The molecule has 0 aromatic carbocycles. The van der Waals surface area contributed by atoms with Gasteiger partial charge in [0.2, 0.25) is 0 Å². The molecule has 0 aliphatic carbocycles. The van der Waals surface area contributed by atoms with Gasteiger partial charge in [0, 0.05) is 31.9 Å². The number of aryl methyl sites for hydroxylation is 1. The van der Waals surface area contributed by atoms with Gasteiger partial charge in [0.1, 0.15) is 11.4 Å². The number of rotatable bonds is 6. The molecule has 0 spiro atoms. The number of aromatic nitrogens is 4. The van der Waals surface area contributed by atoms with E-state index in [1.54, 1.807) is 16.9 Å². The van der Waals surface area contributed by atoms with Crippen LogP contribution in [0.5, 0.6) is 0 Å². The molecule has 0 radical (unpaired) electrons. The Morgan fingerprint density at radius 3 is 3.05 bits per heavy atom. The van der Waals surface area contributed by atoms with Gasteiger partial charge < -0.3 is 10.4 Å². The molecule has 2 rings (SSSR count). The Kier molecular flexibility index (Phi) is 4.07. The molecule has 2 aromatic rings. The third-order valence-electron chi connectivity index (χ3n) is 2.62. The zero-order chi connectivity index (χ0) is 13.7. The SMILES string of the molecule is CCn1cc(CCNc2ncccc2C(=O)O)nn1. The predicted octanol–water partition coefficient (Wildman–Crippen LogP) is 1.05. The third kappa shape index (κ3) is 3.27. The Balaban J connectivity index is 1.94. The maximum absolute atomic E-state index is 11.0. The van der Waals surface area contributed by atoms with Crippen LogP contribution in [-0.2, 0) is 13.0 Å². The van der Waals surface area contributed by atoms with Gasteiger partial charge in [0.15, 0.2) is 0 Å². The lowest BCUT2D eigenvalue weighted by Gasteiger charge is -2.06. The maximum atomic E-state index is 11.0. The lowest BCUT2D eigenvalue weighted by Crippen LogP contribution is -2.11. The minimum Gasteiger partial charge on any atom is -0.478 e. The van der Waals surface area contributed by atoms with E-state index >= 15 is 0 Å². The second-order valence-electron chi connectivity index (χ2n) is 3.95. The van der Waals surface area contributed by atoms with Gasteiger partial charge in [-0.05, 0) is 19.1 Å². The quantitative estimate of drug-likeness (QED) is 0.807. The minimum atomic E-state index is -0.993. The number of nitrogens with zero attached hydrogens (tertiary/aromatic N) is 4. The summed E-state index contributed by atoms with van der Waals surface area (Å²) >= 11 is 0. The highest BCUT2D eigenvalue weighted by atomic mass is 16.4. The van der Waals surface area contributed by atoms with Crippen molar-refractivity contribution in [3.05, 3.63) is 35.8 Å². The number of carboxylic acids is 1. The van der Waals surface area contributed by atoms with E-state index < -0.39 is 5.97 Å². The van der Waals surface area contributed by atoms with Crippen molar-refractivity contribution in [1.29, 1.82) is 0 Å². The Hall–Kier alpha value is -2.44. The molecule has 100 valence electrons. The van der Waals surface area contributed by atoms with Crippen molar-refractivity contribution < 1.29 is 9.90 Å². The fraction of sp³-hybridized carbons (Fsp3) is 0.333. The zero-order valence-electron chi connectivity index (χ0n) is 10.6. The minimum absolute atomic E-state index is 0.166. The first-order valence-electron chi connectivity index (χ1n) is 6.02. The van der Waals surface area contributed by atoms with Crippen molar-refractivity contribution in [3.63, 3.8) is 0 Å². The fourth-order valence-electron chi connectivity index (χ4n) is 1.64. The molecular weight excluding hydrogens is 246 g/mol. The highest BCUT2D eigenvalue weighted by molar-refractivity contribution is 5.92. The van der Waals surface area contributed by atoms with Crippen LogP contribution < -0.4 is 5.32 Å². The summed E-state index contributed by atoms with van der Waals surface area (Å²) in [5.74, 6) is -0.620. The Morgan fingerprint density at radius 1 is 1.53 bits per heavy atom. The molecule has 2 N–H and O–H groups in total. The van der Waals surface area contributed by atoms with Crippen LogP contribution in [0.15, 0.2) is 24.5 Å². The second kappa shape index (κ2) is 5.94. The van der Waals surface area contributed by atoms with E-state index in [0.717, 1.165) is 12.2 Å². The number of pyridine rings is 1. The monoisotopic (exact) mass is 261 g/mol. The van der Waals surface area contributed by atoms with Gasteiger partial charge in [-0.1, -0.05) is 5.21 Å². The molecule has 0 amide bonds. The molecule has 19 heavy (non-hydrogen) atoms. The summed E-state index contributed by atoms with van der Waals surface area (Å²) in [5.41, 5.74) is 1.03. The van der Waals surface area contributed by atoms with E-state index in [0.29, 0.717) is 18.8 Å². The van der Waals surface area contributed by atoms with E-state index in [9.17, 15) is 4.79 Å². The summed E-state index contributed by atoms with van der Waals surface area (Å²) in [5, 5.41) is 20.0. The van der Waals surface area contributed by atoms with Gasteiger partial charge in [0.05, 0.1) is 5.69 Å². The summed E-state index contributed by atoms with van der Waals surface area (Å²) in [6.45, 7) is 3.33. The van der Waals surface area contributed by atoms with Crippen LogP contribution >= 0.6 is 0 Å². The van der Waals surface area contributed by atoms with Crippen molar-refractivity contribution in [2.24, 2.45) is 0 Å². The molecule has 0 aliphatic heterocycles. The topological polar surface area (TPSA) is 92.9 Å². The van der Waals surface area contributed by atoms with Crippen LogP contribution in [0.2, 0.25) is 0 Å². The highest BCUT2D eigenvalue weighted by Gasteiger charge is 2.09. The lowest BCUT2D eigenvalue weighted by atomic mass is 10.2. The van der Waals surface area contributed by atoms with Crippen LogP contribution in [0.1, 0.15) is 23.0 Å². The molecule has 0 unspecified atom stereocenters. The molecule has 7 nitrogen and oxygen atoms in total. The molecule has 0 saturated carbocycles. The second-order valence-corrected chi connectivity index (χ2v) is 3.95. The van der Waals surface area contributed by atoms with Gasteiger partial charge >= 0.3 is 5.97 Å². The first kappa shape index (κ1) is 13.0. The smallest absolute Gasteiger partial charge is 0.339 e. The Bertz CT molecular complexity index is 567. The van der Waals surface area contributed by atoms with E-state index in [1.165, 1.54) is 6.07 Å². The number of carbonyl (C=O) groups is 1. The average Bonchev–Trinajstić information content (AvgIpc) is 2.87. The number of aromatic carboxylic acids is 1. The molecule has 0 bridgehead atoms. The van der Waals surface area contributed by atoms with Gasteiger partial charge in [-0.2, -0.15) is 0 Å². The number of nitrogens with one attached hydrogen (secondary N) is 1. The molecule has 7 heteroatoms. The normalized spacial score (nSPS) is 10.4. The van der Waals surface area contributed by atoms with E-state index in [-0.39, 0.29) is 5.56 Å². The van der Waals surface area contributed by atoms with E-state index in [1.807, 2.05) is 13.1 Å². The fourth-order valence-corrected chi connectivity index (χ4v) is 1.64. The van der Waals surface area contributed by atoms with Crippen molar-refractivity contribution in [2.75, 3.05) is 11.9 Å². The maximum Gasteiger partial charge on any atom is 0.339 e. The first-order valence-corrected chi connectivity index (χ1v) is 6.02. The summed E-state index contributed by atoms with van der Waals surface area (Å²) in [4.78, 5) is 15.0. The largest absolute Gasteiger partial charge is 0.478 e. The molecule has 0 fully saturated rings. The van der Waals surface area contributed by atoms with Crippen molar-refractivity contribution in [2.45, 2.75) is 19.9 Å². The number of anilines is 1. The summed E-state index contributed by atoms with van der Waals surface area (Å²) in [7, 11) is 0. The van der Waals surface area contributed by atoms with Crippen molar-refractivity contribution in [1.82, 2.24) is 20.0 Å². The number of hydrogen-bond donors (Lipinski definition) is 2. The molecule has 2 heterocycles. The lowest BCUT2D eigenvalue weighted by molar-refractivity contribution is 0.0697. The molecule has 0 aliphatic rings. The van der Waals surface area contributed by atoms with Gasteiger partial charge in [0.25, 0.3) is 0 Å². The first-order chi connectivity index (χ1) is 9.20. The average molecular weight is 261 g/mol. The van der Waals surface area contributed by atoms with Crippen LogP contribution in [0.4, 0.5) is 5.82 Å². The number of carboxylic acid groups (broad SMARTS) is 1. The third-order valence-corrected chi connectivity index (χ3v) is 2.62.